The molecule has 2 rings (SSSR count). The van der Waals surface area contributed by atoms with Crippen LogP contribution in [0.5, 0.6) is 0 Å². The van der Waals surface area contributed by atoms with Crippen molar-refractivity contribution >= 4 is 11.6 Å². The zero-order chi connectivity index (χ0) is 15.8. The first kappa shape index (κ1) is 16.0. The molecular weight excluding hydrogens is 266 g/mol. The molecule has 0 aromatic carbocycles. The maximum Gasteiger partial charge on any atom is 0.148 e. The Morgan fingerprint density at radius 3 is 2.24 bits per heavy atom. The molecule has 118 valence electrons. The molecule has 1 saturated heterocycles. The number of nitrogens with two attached hydrogens (primary N) is 1. The molecule has 3 N–H and O–H groups in total. The second kappa shape index (κ2) is 5.77. The van der Waals surface area contributed by atoms with Gasteiger partial charge < -0.3 is 15.1 Å². The van der Waals surface area contributed by atoms with Crippen molar-refractivity contribution in [2.45, 2.75) is 59.2 Å². The number of aromatic nitrogens is 2. The summed E-state index contributed by atoms with van der Waals surface area (Å²) in [6, 6.07) is 0. The predicted octanol–water partition coefficient (Wildman–Crippen LogP) is 1.98. The van der Waals surface area contributed by atoms with Crippen molar-refractivity contribution < 1.29 is 4.74 Å². The highest BCUT2D eigenvalue weighted by Gasteiger charge is 2.28. The monoisotopic (exact) mass is 293 g/mol. The second-order valence-corrected chi connectivity index (χ2v) is 6.90. The van der Waals surface area contributed by atoms with E-state index in [1.54, 1.807) is 0 Å². The lowest BCUT2D eigenvalue weighted by Crippen LogP contribution is -2.46. The van der Waals surface area contributed by atoms with Crippen molar-refractivity contribution in [2.24, 2.45) is 5.84 Å². The highest BCUT2D eigenvalue weighted by Crippen LogP contribution is 2.29. The van der Waals surface area contributed by atoms with E-state index in [-0.39, 0.29) is 17.6 Å². The molecule has 1 aromatic heterocycles. The van der Waals surface area contributed by atoms with Crippen LogP contribution in [0.3, 0.4) is 0 Å². The predicted molar refractivity (Wildman–Crippen MR) is 85.5 cm³/mol. The van der Waals surface area contributed by atoms with Gasteiger partial charge >= 0.3 is 0 Å². The molecule has 21 heavy (non-hydrogen) atoms. The average Bonchev–Trinajstić information content (AvgIpc) is 2.36. The van der Waals surface area contributed by atoms with Crippen molar-refractivity contribution in [3.8, 4) is 0 Å². The zero-order valence-corrected chi connectivity index (χ0v) is 13.9. The van der Waals surface area contributed by atoms with Crippen LogP contribution in [0.15, 0.2) is 0 Å². The molecule has 0 aliphatic carbocycles. The minimum atomic E-state index is -0.127. The van der Waals surface area contributed by atoms with E-state index < -0.39 is 0 Å². The van der Waals surface area contributed by atoms with Crippen molar-refractivity contribution in [2.75, 3.05) is 23.4 Å². The first-order valence-electron chi connectivity index (χ1n) is 7.48. The fraction of sp³-hybridized carbons (Fsp3) is 0.733. The number of hydrazine groups is 1. The number of ether oxygens (including phenoxy) is 1. The van der Waals surface area contributed by atoms with Crippen LogP contribution in [0.25, 0.3) is 0 Å². The molecule has 0 radical (unpaired) electrons. The largest absolute Gasteiger partial charge is 0.372 e. The van der Waals surface area contributed by atoms with Gasteiger partial charge in [0.1, 0.15) is 17.5 Å². The summed E-state index contributed by atoms with van der Waals surface area (Å²) >= 11 is 0. The maximum absolute atomic E-state index is 5.81. The normalized spacial score (nSPS) is 23.3. The van der Waals surface area contributed by atoms with Gasteiger partial charge in [0.2, 0.25) is 0 Å². The fourth-order valence-electron chi connectivity index (χ4n) is 2.64. The summed E-state index contributed by atoms with van der Waals surface area (Å²) in [6.45, 7) is 14.1. The summed E-state index contributed by atoms with van der Waals surface area (Å²) in [5.41, 5.74) is 3.55. The molecule has 0 bridgehead atoms. The number of rotatable bonds is 2. The molecule has 2 heterocycles. The van der Waals surface area contributed by atoms with Crippen LogP contribution >= 0.6 is 0 Å². The van der Waals surface area contributed by atoms with Crippen molar-refractivity contribution in [1.29, 1.82) is 0 Å². The van der Waals surface area contributed by atoms with E-state index in [0.29, 0.717) is 5.82 Å². The third-order valence-corrected chi connectivity index (χ3v) is 3.65. The van der Waals surface area contributed by atoms with Gasteiger partial charge in [-0.15, -0.1) is 0 Å². The van der Waals surface area contributed by atoms with E-state index in [1.807, 2.05) is 6.92 Å². The Labute approximate surface area is 127 Å². The first-order valence-corrected chi connectivity index (χ1v) is 7.48. The molecule has 0 saturated carbocycles. The first-order chi connectivity index (χ1) is 9.72. The summed E-state index contributed by atoms with van der Waals surface area (Å²) in [4.78, 5) is 11.6. The Morgan fingerprint density at radius 1 is 1.19 bits per heavy atom. The highest BCUT2D eigenvalue weighted by molar-refractivity contribution is 5.59. The summed E-state index contributed by atoms with van der Waals surface area (Å²) < 4.78 is 5.81. The third-order valence-electron chi connectivity index (χ3n) is 3.65. The molecule has 0 amide bonds. The number of nitrogens with one attached hydrogen (secondary N) is 1. The van der Waals surface area contributed by atoms with Gasteiger partial charge in [0, 0.05) is 24.1 Å². The molecule has 1 aliphatic heterocycles. The molecule has 6 heteroatoms. The van der Waals surface area contributed by atoms with E-state index in [9.17, 15) is 0 Å². The Kier molecular flexibility index (Phi) is 4.39. The molecule has 1 aliphatic rings. The molecule has 1 aromatic rings. The zero-order valence-electron chi connectivity index (χ0n) is 13.9. The van der Waals surface area contributed by atoms with Crippen LogP contribution < -0.4 is 16.2 Å². The molecular formula is C15H27N5O. The van der Waals surface area contributed by atoms with E-state index in [2.05, 4.69) is 49.9 Å². The van der Waals surface area contributed by atoms with E-state index >= 15 is 0 Å². The maximum atomic E-state index is 5.81. The Balaban J connectivity index is 2.46. The quantitative estimate of drug-likeness (QED) is 0.641. The van der Waals surface area contributed by atoms with E-state index in [1.165, 1.54) is 0 Å². The smallest absolute Gasteiger partial charge is 0.148 e. The number of hydrogen-bond donors (Lipinski definition) is 2. The van der Waals surface area contributed by atoms with Crippen LogP contribution in [-0.4, -0.2) is 35.3 Å². The second-order valence-electron chi connectivity index (χ2n) is 6.90. The number of anilines is 2. The number of morpholine rings is 1. The van der Waals surface area contributed by atoms with Crippen LogP contribution in [0.4, 0.5) is 11.6 Å². The summed E-state index contributed by atoms with van der Waals surface area (Å²) in [6.07, 6.45) is 0.381. The Bertz CT molecular complexity index is 502. The minimum Gasteiger partial charge on any atom is -0.372 e. The lowest BCUT2D eigenvalue weighted by Gasteiger charge is -2.37. The fourth-order valence-corrected chi connectivity index (χ4v) is 2.64. The Hall–Kier alpha value is -1.40. The van der Waals surface area contributed by atoms with Gasteiger partial charge in [-0.25, -0.2) is 15.8 Å². The van der Waals surface area contributed by atoms with Crippen LogP contribution in [0, 0.1) is 6.92 Å². The van der Waals surface area contributed by atoms with Gasteiger partial charge in [-0.2, -0.15) is 0 Å². The summed E-state index contributed by atoms with van der Waals surface area (Å²) in [5, 5.41) is 0. The number of nitrogen functional groups attached to an aromatic ring is 1. The molecule has 6 nitrogen and oxygen atoms in total. The lowest BCUT2D eigenvalue weighted by atomic mass is 9.95. The lowest BCUT2D eigenvalue weighted by molar-refractivity contribution is -0.00551. The SMILES string of the molecule is Cc1c(NN)nc(C(C)(C)C)nc1N1CC(C)OC(C)C1. The molecule has 0 spiro atoms. The van der Waals surface area contributed by atoms with Crippen molar-refractivity contribution in [1.82, 2.24) is 9.97 Å². The number of nitrogens with zero attached hydrogens (tertiary/aromatic N) is 3. The summed E-state index contributed by atoms with van der Waals surface area (Å²) in [7, 11) is 0. The summed E-state index contributed by atoms with van der Waals surface area (Å²) in [5.74, 6) is 8.07. The Morgan fingerprint density at radius 2 is 1.76 bits per heavy atom. The van der Waals surface area contributed by atoms with Gasteiger partial charge in [0.15, 0.2) is 0 Å². The van der Waals surface area contributed by atoms with Gasteiger partial charge in [-0.05, 0) is 20.8 Å². The average molecular weight is 293 g/mol. The van der Waals surface area contributed by atoms with E-state index in [0.717, 1.165) is 30.3 Å². The van der Waals surface area contributed by atoms with Gasteiger partial charge in [-0.3, -0.25) is 0 Å². The highest BCUT2D eigenvalue weighted by atomic mass is 16.5. The van der Waals surface area contributed by atoms with Crippen molar-refractivity contribution in [3.05, 3.63) is 11.4 Å². The molecule has 1 fully saturated rings. The molecule has 2 unspecified atom stereocenters. The van der Waals surface area contributed by atoms with E-state index in [4.69, 9.17) is 15.6 Å². The third kappa shape index (κ3) is 3.44. The standard InChI is InChI=1S/C15H27N5O/c1-9-7-20(8-10(2)21-9)13-11(3)12(19-16)17-14(18-13)15(4,5)6/h9-10H,7-8,16H2,1-6H3,(H,17,18,19). The van der Waals surface area contributed by atoms with Gasteiger partial charge in [-0.1, -0.05) is 20.8 Å². The number of hydrogen-bond acceptors (Lipinski definition) is 6. The van der Waals surface area contributed by atoms with Crippen LogP contribution in [0.2, 0.25) is 0 Å². The van der Waals surface area contributed by atoms with Gasteiger partial charge in [0.25, 0.3) is 0 Å². The van der Waals surface area contributed by atoms with Gasteiger partial charge in [0.05, 0.1) is 12.2 Å². The minimum absolute atomic E-state index is 0.127. The van der Waals surface area contributed by atoms with Crippen LogP contribution in [-0.2, 0) is 10.2 Å². The molecule has 2 atom stereocenters. The van der Waals surface area contributed by atoms with Crippen molar-refractivity contribution in [3.63, 3.8) is 0 Å². The van der Waals surface area contributed by atoms with Crippen LogP contribution in [0.1, 0.15) is 46.0 Å². The topological polar surface area (TPSA) is 76.3 Å².